The summed E-state index contributed by atoms with van der Waals surface area (Å²) in [5, 5.41) is 8.88. The van der Waals surface area contributed by atoms with Crippen molar-refractivity contribution >= 4 is 21.6 Å². The van der Waals surface area contributed by atoms with Gasteiger partial charge >= 0.3 is 0 Å². The van der Waals surface area contributed by atoms with Crippen LogP contribution >= 0.6 is 15.9 Å². The number of halogens is 2. The third-order valence-corrected chi connectivity index (χ3v) is 3.45. The summed E-state index contributed by atoms with van der Waals surface area (Å²) in [4.78, 5) is 1.94. The molecular formula is C14H18BrFN2O. The number of nitriles is 1. The lowest BCUT2D eigenvalue weighted by atomic mass is 10.1. The molecule has 0 bridgehead atoms. The van der Waals surface area contributed by atoms with Gasteiger partial charge in [-0.05, 0) is 34.0 Å². The quantitative estimate of drug-likeness (QED) is 0.800. The predicted molar refractivity (Wildman–Crippen MR) is 77.7 cm³/mol. The lowest BCUT2D eigenvalue weighted by molar-refractivity contribution is 0.204. The second-order valence-corrected chi connectivity index (χ2v) is 5.50. The van der Waals surface area contributed by atoms with Gasteiger partial charge in [0.05, 0.1) is 22.3 Å². The Labute approximate surface area is 122 Å². The normalized spacial score (nSPS) is 10.6. The molecule has 5 heteroatoms. The smallest absolute Gasteiger partial charge is 0.161 e. The minimum atomic E-state index is -0.393. The molecule has 3 nitrogen and oxygen atoms in total. The summed E-state index contributed by atoms with van der Waals surface area (Å²) >= 11 is 3.14. The molecular weight excluding hydrogens is 311 g/mol. The highest BCUT2D eigenvalue weighted by Crippen LogP contribution is 2.29. The fraction of sp³-hybridized carbons (Fsp3) is 0.500. The van der Waals surface area contributed by atoms with E-state index in [-0.39, 0.29) is 4.47 Å². The standard InChI is InChI=1S/C14H18BrFN2O/c1-10(2)9-18(6-7-19-3)12-5-4-11(8-17)13(15)14(12)16/h4-5,10H,6-7,9H2,1-3H3. The Balaban J connectivity index is 3.08. The summed E-state index contributed by atoms with van der Waals surface area (Å²) in [6, 6.07) is 5.23. The molecule has 0 radical (unpaired) electrons. The van der Waals surface area contributed by atoms with Crippen LogP contribution in [0.2, 0.25) is 0 Å². The Bertz CT molecular complexity index is 471. The number of benzene rings is 1. The van der Waals surface area contributed by atoms with Crippen LogP contribution < -0.4 is 4.90 Å². The second kappa shape index (κ2) is 7.46. The predicted octanol–water partition coefficient (Wildman–Crippen LogP) is 3.57. The molecule has 0 fully saturated rings. The van der Waals surface area contributed by atoms with Gasteiger partial charge in [0.1, 0.15) is 6.07 Å². The Morgan fingerprint density at radius 1 is 1.47 bits per heavy atom. The van der Waals surface area contributed by atoms with E-state index in [0.29, 0.717) is 30.3 Å². The Morgan fingerprint density at radius 2 is 2.16 bits per heavy atom. The van der Waals surface area contributed by atoms with Crippen LogP contribution in [0.25, 0.3) is 0 Å². The van der Waals surface area contributed by atoms with E-state index >= 15 is 0 Å². The van der Waals surface area contributed by atoms with Gasteiger partial charge < -0.3 is 9.64 Å². The zero-order valence-corrected chi connectivity index (χ0v) is 13.0. The Hall–Kier alpha value is -1.12. The third-order valence-electron chi connectivity index (χ3n) is 2.67. The summed E-state index contributed by atoms with van der Waals surface area (Å²) in [5.74, 6) is 0.0153. The molecule has 0 aromatic heterocycles. The maximum atomic E-state index is 14.3. The molecule has 0 aliphatic rings. The topological polar surface area (TPSA) is 36.3 Å². The number of hydrogen-bond donors (Lipinski definition) is 0. The minimum absolute atomic E-state index is 0.221. The highest BCUT2D eigenvalue weighted by Gasteiger charge is 2.17. The van der Waals surface area contributed by atoms with Gasteiger partial charge in [0, 0.05) is 20.2 Å². The van der Waals surface area contributed by atoms with Gasteiger partial charge in [-0.15, -0.1) is 0 Å². The van der Waals surface area contributed by atoms with Crippen LogP contribution in [0, 0.1) is 23.1 Å². The molecule has 0 saturated carbocycles. The molecule has 1 aromatic carbocycles. The van der Waals surface area contributed by atoms with Gasteiger partial charge in [0.2, 0.25) is 0 Å². The van der Waals surface area contributed by atoms with E-state index in [0.717, 1.165) is 6.54 Å². The van der Waals surface area contributed by atoms with E-state index in [4.69, 9.17) is 10.00 Å². The fourth-order valence-corrected chi connectivity index (χ4v) is 2.25. The zero-order valence-electron chi connectivity index (χ0n) is 11.4. The molecule has 0 aliphatic carbocycles. The first-order chi connectivity index (χ1) is 9.01. The van der Waals surface area contributed by atoms with Gasteiger partial charge in [-0.1, -0.05) is 13.8 Å². The van der Waals surface area contributed by atoms with E-state index in [9.17, 15) is 4.39 Å². The number of methoxy groups -OCH3 is 1. The maximum absolute atomic E-state index is 14.3. The molecule has 0 aliphatic heterocycles. The van der Waals surface area contributed by atoms with Crippen molar-refractivity contribution in [2.24, 2.45) is 5.92 Å². The first-order valence-corrected chi connectivity index (χ1v) is 6.92. The van der Waals surface area contributed by atoms with E-state index in [2.05, 4.69) is 29.8 Å². The first-order valence-electron chi connectivity index (χ1n) is 6.13. The second-order valence-electron chi connectivity index (χ2n) is 4.70. The summed E-state index contributed by atoms with van der Waals surface area (Å²) in [6.45, 7) is 6.04. The first kappa shape index (κ1) is 15.9. The third kappa shape index (κ3) is 4.19. The highest BCUT2D eigenvalue weighted by atomic mass is 79.9. The van der Waals surface area contributed by atoms with Crippen molar-refractivity contribution in [3.05, 3.63) is 28.0 Å². The summed E-state index contributed by atoms with van der Waals surface area (Å²) < 4.78 is 19.6. The number of ether oxygens (including phenoxy) is 1. The van der Waals surface area contributed by atoms with Crippen molar-refractivity contribution in [3.63, 3.8) is 0 Å². The average molecular weight is 329 g/mol. The van der Waals surface area contributed by atoms with Crippen LogP contribution in [0.4, 0.5) is 10.1 Å². The Kier molecular flexibility index (Phi) is 6.26. The maximum Gasteiger partial charge on any atom is 0.161 e. The van der Waals surface area contributed by atoms with Crippen molar-refractivity contribution in [2.75, 3.05) is 31.7 Å². The van der Waals surface area contributed by atoms with Crippen LogP contribution in [0.15, 0.2) is 16.6 Å². The van der Waals surface area contributed by atoms with Crippen LogP contribution in [0.5, 0.6) is 0 Å². The van der Waals surface area contributed by atoms with E-state index in [1.54, 1.807) is 19.2 Å². The number of rotatable bonds is 6. The van der Waals surface area contributed by atoms with Crippen molar-refractivity contribution in [1.29, 1.82) is 5.26 Å². The van der Waals surface area contributed by atoms with E-state index in [1.165, 1.54) is 0 Å². The molecule has 19 heavy (non-hydrogen) atoms. The molecule has 0 saturated heterocycles. The van der Waals surface area contributed by atoms with E-state index < -0.39 is 5.82 Å². The van der Waals surface area contributed by atoms with Crippen LogP contribution in [0.3, 0.4) is 0 Å². The van der Waals surface area contributed by atoms with Gasteiger partial charge in [0.25, 0.3) is 0 Å². The lowest BCUT2D eigenvalue weighted by Gasteiger charge is -2.27. The molecule has 104 valence electrons. The summed E-state index contributed by atoms with van der Waals surface area (Å²) in [7, 11) is 1.62. The number of nitrogens with zero attached hydrogens (tertiary/aromatic N) is 2. The van der Waals surface area contributed by atoms with Crippen molar-refractivity contribution in [2.45, 2.75) is 13.8 Å². The van der Waals surface area contributed by atoms with Gasteiger partial charge in [0.15, 0.2) is 5.82 Å². The monoisotopic (exact) mass is 328 g/mol. The van der Waals surface area contributed by atoms with Crippen molar-refractivity contribution in [3.8, 4) is 6.07 Å². The van der Waals surface area contributed by atoms with Crippen molar-refractivity contribution in [1.82, 2.24) is 0 Å². The van der Waals surface area contributed by atoms with Gasteiger partial charge in [-0.3, -0.25) is 0 Å². The molecule has 0 heterocycles. The average Bonchev–Trinajstić information content (AvgIpc) is 2.37. The van der Waals surface area contributed by atoms with Crippen LogP contribution in [-0.2, 0) is 4.74 Å². The molecule has 0 atom stereocenters. The zero-order chi connectivity index (χ0) is 14.4. The van der Waals surface area contributed by atoms with Crippen LogP contribution in [0.1, 0.15) is 19.4 Å². The molecule has 0 amide bonds. The molecule has 1 rings (SSSR count). The van der Waals surface area contributed by atoms with E-state index in [1.807, 2.05) is 11.0 Å². The molecule has 0 N–H and O–H groups in total. The largest absolute Gasteiger partial charge is 0.383 e. The fourth-order valence-electron chi connectivity index (χ4n) is 1.82. The van der Waals surface area contributed by atoms with Crippen LogP contribution in [-0.4, -0.2) is 26.8 Å². The molecule has 1 aromatic rings. The summed E-state index contributed by atoms with van der Waals surface area (Å²) in [6.07, 6.45) is 0. The molecule has 0 unspecified atom stereocenters. The lowest BCUT2D eigenvalue weighted by Crippen LogP contribution is -2.31. The molecule has 0 spiro atoms. The Morgan fingerprint density at radius 3 is 2.68 bits per heavy atom. The SMILES string of the molecule is COCCN(CC(C)C)c1ccc(C#N)c(Br)c1F. The van der Waals surface area contributed by atoms with Gasteiger partial charge in [-0.2, -0.15) is 5.26 Å². The highest BCUT2D eigenvalue weighted by molar-refractivity contribution is 9.10. The number of anilines is 1. The van der Waals surface area contributed by atoms with Crippen molar-refractivity contribution < 1.29 is 9.13 Å². The van der Waals surface area contributed by atoms with Gasteiger partial charge in [-0.25, -0.2) is 4.39 Å². The minimum Gasteiger partial charge on any atom is -0.383 e. The number of hydrogen-bond acceptors (Lipinski definition) is 3. The summed E-state index contributed by atoms with van der Waals surface area (Å²) in [5.41, 5.74) is 0.800.